The Hall–Kier alpha value is -1.25. The number of aromatic hydroxyl groups is 1. The molecule has 0 saturated heterocycles. The van der Waals surface area contributed by atoms with Crippen LogP contribution < -0.4 is 5.56 Å². The highest BCUT2D eigenvalue weighted by molar-refractivity contribution is 5.33. The lowest BCUT2D eigenvalue weighted by Crippen LogP contribution is -2.28. The van der Waals surface area contributed by atoms with Crippen molar-refractivity contribution in [3.8, 4) is 5.88 Å². The molecule has 0 atom stereocenters. The first-order chi connectivity index (χ1) is 6.61. The standard InChI is InChI=1S/C11H15NO2/c1-7(2)12-10(13)8-4-3-5-9(6-8)11(12)14/h6-7,13H,3-5H2,1-2H3. The number of rotatable bonds is 1. The van der Waals surface area contributed by atoms with E-state index in [9.17, 15) is 9.90 Å². The van der Waals surface area contributed by atoms with Gasteiger partial charge < -0.3 is 5.11 Å². The quantitative estimate of drug-likeness (QED) is 0.736. The van der Waals surface area contributed by atoms with Crippen molar-refractivity contribution in [2.24, 2.45) is 0 Å². The summed E-state index contributed by atoms with van der Waals surface area (Å²) < 4.78 is 1.49. The molecule has 1 aliphatic carbocycles. The summed E-state index contributed by atoms with van der Waals surface area (Å²) in [5, 5.41) is 9.86. The summed E-state index contributed by atoms with van der Waals surface area (Å²) in [4.78, 5) is 11.9. The Morgan fingerprint density at radius 1 is 1.36 bits per heavy atom. The largest absolute Gasteiger partial charge is 0.494 e. The Balaban J connectivity index is 2.73. The second kappa shape index (κ2) is 3.15. The molecular formula is C11H15NO2. The molecular weight excluding hydrogens is 178 g/mol. The first kappa shape index (κ1) is 9.31. The van der Waals surface area contributed by atoms with E-state index in [1.54, 1.807) is 0 Å². The van der Waals surface area contributed by atoms with E-state index in [4.69, 9.17) is 0 Å². The van der Waals surface area contributed by atoms with Crippen molar-refractivity contribution in [2.45, 2.75) is 39.2 Å². The molecule has 1 aromatic rings. The van der Waals surface area contributed by atoms with Crippen LogP contribution in [0.2, 0.25) is 0 Å². The summed E-state index contributed by atoms with van der Waals surface area (Å²) in [5.74, 6) is 0.161. The molecule has 76 valence electrons. The van der Waals surface area contributed by atoms with Crippen LogP contribution in [0, 0.1) is 0 Å². The van der Waals surface area contributed by atoms with E-state index in [2.05, 4.69) is 0 Å². The monoisotopic (exact) mass is 193 g/mol. The first-order valence-electron chi connectivity index (χ1n) is 5.07. The maximum absolute atomic E-state index is 11.9. The third-order valence-electron chi connectivity index (χ3n) is 2.77. The minimum atomic E-state index is -0.0269. The molecule has 1 aliphatic rings. The van der Waals surface area contributed by atoms with E-state index >= 15 is 0 Å². The zero-order chi connectivity index (χ0) is 10.3. The minimum Gasteiger partial charge on any atom is -0.494 e. The molecule has 1 N–H and O–H groups in total. The topological polar surface area (TPSA) is 42.2 Å². The van der Waals surface area contributed by atoms with Gasteiger partial charge in [0.2, 0.25) is 0 Å². The van der Waals surface area contributed by atoms with Gasteiger partial charge in [0, 0.05) is 17.2 Å². The fraction of sp³-hybridized carbons (Fsp3) is 0.545. The van der Waals surface area contributed by atoms with Gasteiger partial charge in [-0.25, -0.2) is 0 Å². The third kappa shape index (κ3) is 1.24. The Kier molecular flexibility index (Phi) is 2.10. The highest BCUT2D eigenvalue weighted by Crippen LogP contribution is 2.25. The van der Waals surface area contributed by atoms with Gasteiger partial charge in [-0.3, -0.25) is 9.36 Å². The van der Waals surface area contributed by atoms with E-state index < -0.39 is 0 Å². The lowest BCUT2D eigenvalue weighted by Gasteiger charge is -2.20. The van der Waals surface area contributed by atoms with E-state index in [1.165, 1.54) is 4.57 Å². The van der Waals surface area contributed by atoms with Crippen molar-refractivity contribution in [1.29, 1.82) is 0 Å². The summed E-state index contributed by atoms with van der Waals surface area (Å²) in [5.41, 5.74) is 1.73. The molecule has 0 aromatic carbocycles. The van der Waals surface area contributed by atoms with Gasteiger partial charge in [0.25, 0.3) is 5.56 Å². The summed E-state index contributed by atoms with van der Waals surface area (Å²) in [6, 6.07) is 1.87. The number of pyridine rings is 1. The van der Waals surface area contributed by atoms with Crippen molar-refractivity contribution >= 4 is 0 Å². The average Bonchev–Trinajstić information content (AvgIpc) is 2.16. The van der Waals surface area contributed by atoms with Crippen LogP contribution in [0.15, 0.2) is 10.9 Å². The van der Waals surface area contributed by atoms with E-state index in [-0.39, 0.29) is 17.5 Å². The van der Waals surface area contributed by atoms with Gasteiger partial charge in [0.1, 0.15) is 0 Å². The van der Waals surface area contributed by atoms with Crippen molar-refractivity contribution in [3.05, 3.63) is 27.5 Å². The predicted octanol–water partition coefficient (Wildman–Crippen LogP) is 1.62. The van der Waals surface area contributed by atoms with Crippen molar-refractivity contribution in [2.75, 3.05) is 0 Å². The molecule has 0 radical (unpaired) electrons. The van der Waals surface area contributed by atoms with Crippen LogP contribution in [0.3, 0.4) is 0 Å². The van der Waals surface area contributed by atoms with Crippen LogP contribution >= 0.6 is 0 Å². The molecule has 0 amide bonds. The zero-order valence-electron chi connectivity index (χ0n) is 8.58. The van der Waals surface area contributed by atoms with Crippen LogP contribution in [0.4, 0.5) is 0 Å². The maximum Gasteiger partial charge on any atom is 0.256 e. The van der Waals surface area contributed by atoms with Crippen LogP contribution in [-0.4, -0.2) is 9.67 Å². The smallest absolute Gasteiger partial charge is 0.256 e. The van der Waals surface area contributed by atoms with Gasteiger partial charge in [-0.15, -0.1) is 0 Å². The van der Waals surface area contributed by atoms with Gasteiger partial charge in [0.15, 0.2) is 5.88 Å². The van der Waals surface area contributed by atoms with E-state index in [1.807, 2.05) is 19.9 Å². The highest BCUT2D eigenvalue weighted by atomic mass is 16.3. The summed E-state index contributed by atoms with van der Waals surface area (Å²) in [7, 11) is 0. The molecule has 14 heavy (non-hydrogen) atoms. The Morgan fingerprint density at radius 2 is 2.00 bits per heavy atom. The van der Waals surface area contributed by atoms with Gasteiger partial charge >= 0.3 is 0 Å². The van der Waals surface area contributed by atoms with Gasteiger partial charge in [-0.1, -0.05) is 0 Å². The number of nitrogens with zero attached hydrogens (tertiary/aromatic N) is 1. The van der Waals surface area contributed by atoms with Crippen LogP contribution in [0.25, 0.3) is 0 Å². The Bertz CT molecular complexity index is 418. The lowest BCUT2D eigenvalue weighted by molar-refractivity contribution is 0.376. The molecule has 0 unspecified atom stereocenters. The Morgan fingerprint density at radius 3 is 2.64 bits per heavy atom. The zero-order valence-corrected chi connectivity index (χ0v) is 8.58. The number of hydrogen-bond acceptors (Lipinski definition) is 2. The van der Waals surface area contributed by atoms with E-state index in [0.717, 1.165) is 30.4 Å². The van der Waals surface area contributed by atoms with E-state index in [0.29, 0.717) is 0 Å². The SMILES string of the molecule is CC(C)n1c(O)c2cc(c1=O)CCC2. The van der Waals surface area contributed by atoms with Crippen molar-refractivity contribution in [1.82, 2.24) is 4.57 Å². The average molecular weight is 193 g/mol. The highest BCUT2D eigenvalue weighted by Gasteiger charge is 2.18. The normalized spacial score (nSPS) is 14.8. The number of aryl methyl sites for hydroxylation is 2. The van der Waals surface area contributed by atoms with Gasteiger partial charge in [-0.2, -0.15) is 0 Å². The number of aromatic nitrogens is 1. The molecule has 2 bridgehead atoms. The molecule has 0 saturated carbocycles. The number of fused-ring (bicyclic) bond motifs is 2. The van der Waals surface area contributed by atoms with Gasteiger partial charge in [0.05, 0.1) is 0 Å². The number of hydrogen-bond donors (Lipinski definition) is 1. The third-order valence-corrected chi connectivity index (χ3v) is 2.77. The summed E-state index contributed by atoms with van der Waals surface area (Å²) in [6.07, 6.45) is 2.70. The minimum absolute atomic E-state index is 0.0269. The maximum atomic E-state index is 11.9. The summed E-state index contributed by atoms with van der Waals surface area (Å²) in [6.45, 7) is 3.83. The molecule has 0 fully saturated rings. The molecule has 2 rings (SSSR count). The molecule has 1 heterocycles. The second-order valence-electron chi connectivity index (χ2n) is 4.14. The van der Waals surface area contributed by atoms with Crippen LogP contribution in [-0.2, 0) is 12.8 Å². The lowest BCUT2D eigenvalue weighted by atomic mass is 9.97. The van der Waals surface area contributed by atoms with Crippen LogP contribution in [0.5, 0.6) is 5.88 Å². The van der Waals surface area contributed by atoms with Crippen molar-refractivity contribution in [3.63, 3.8) is 0 Å². The fourth-order valence-corrected chi connectivity index (χ4v) is 2.05. The molecule has 0 aliphatic heterocycles. The predicted molar refractivity (Wildman–Crippen MR) is 54.8 cm³/mol. The Labute approximate surface area is 83.0 Å². The van der Waals surface area contributed by atoms with Gasteiger partial charge in [-0.05, 0) is 39.2 Å². The summed E-state index contributed by atoms with van der Waals surface area (Å²) >= 11 is 0. The fourth-order valence-electron chi connectivity index (χ4n) is 2.05. The molecule has 3 heteroatoms. The molecule has 3 nitrogen and oxygen atoms in total. The second-order valence-corrected chi connectivity index (χ2v) is 4.14. The molecule has 1 aromatic heterocycles. The van der Waals surface area contributed by atoms with Crippen LogP contribution in [0.1, 0.15) is 37.4 Å². The first-order valence-corrected chi connectivity index (χ1v) is 5.07. The molecule has 0 spiro atoms. The van der Waals surface area contributed by atoms with Crippen molar-refractivity contribution < 1.29 is 5.11 Å².